The summed E-state index contributed by atoms with van der Waals surface area (Å²) in [4.78, 5) is 23.6. The number of ether oxygens (including phenoxy) is 1. The SMILES string of the molecule is CCOC(=O)c1cccc(NC(=O)c2ccc(F)c(F)c2)c1. The smallest absolute Gasteiger partial charge is 0.338 e. The molecule has 0 saturated carbocycles. The molecule has 0 radical (unpaired) electrons. The van der Waals surface area contributed by atoms with E-state index in [9.17, 15) is 18.4 Å². The average Bonchev–Trinajstić information content (AvgIpc) is 2.50. The molecule has 2 aromatic rings. The first-order valence-corrected chi connectivity index (χ1v) is 6.55. The van der Waals surface area contributed by atoms with E-state index in [1.165, 1.54) is 12.1 Å². The number of anilines is 1. The summed E-state index contributed by atoms with van der Waals surface area (Å²) in [5.41, 5.74) is 0.602. The van der Waals surface area contributed by atoms with Crippen LogP contribution in [0.1, 0.15) is 27.6 Å². The minimum Gasteiger partial charge on any atom is -0.462 e. The first-order chi connectivity index (χ1) is 10.5. The summed E-state index contributed by atoms with van der Waals surface area (Å²) in [6.45, 7) is 1.93. The van der Waals surface area contributed by atoms with Gasteiger partial charge in [-0.3, -0.25) is 4.79 Å². The zero-order chi connectivity index (χ0) is 16.1. The first kappa shape index (κ1) is 15.6. The largest absolute Gasteiger partial charge is 0.462 e. The Balaban J connectivity index is 2.16. The number of halogens is 2. The van der Waals surface area contributed by atoms with Crippen LogP contribution in [0, 0.1) is 11.6 Å². The van der Waals surface area contributed by atoms with E-state index in [2.05, 4.69) is 5.32 Å². The van der Waals surface area contributed by atoms with Crippen molar-refractivity contribution in [1.82, 2.24) is 0 Å². The van der Waals surface area contributed by atoms with Crippen molar-refractivity contribution >= 4 is 17.6 Å². The Morgan fingerprint density at radius 3 is 2.50 bits per heavy atom. The maximum Gasteiger partial charge on any atom is 0.338 e. The Morgan fingerprint density at radius 2 is 1.82 bits per heavy atom. The van der Waals surface area contributed by atoms with Crippen molar-refractivity contribution < 1.29 is 23.1 Å². The number of benzene rings is 2. The number of hydrogen-bond acceptors (Lipinski definition) is 3. The second kappa shape index (κ2) is 6.80. The topological polar surface area (TPSA) is 55.4 Å². The standard InChI is InChI=1S/C16H13F2NO3/c1-2-22-16(21)11-4-3-5-12(8-11)19-15(20)10-6-7-13(17)14(18)9-10/h3-9H,2H2,1H3,(H,19,20). The van der Waals surface area contributed by atoms with Crippen LogP contribution < -0.4 is 5.32 Å². The summed E-state index contributed by atoms with van der Waals surface area (Å²) in [6.07, 6.45) is 0. The van der Waals surface area contributed by atoms with Gasteiger partial charge in [0.2, 0.25) is 0 Å². The van der Waals surface area contributed by atoms with Gasteiger partial charge in [-0.05, 0) is 43.3 Å². The van der Waals surface area contributed by atoms with Gasteiger partial charge in [-0.25, -0.2) is 13.6 Å². The third-order valence-electron chi connectivity index (χ3n) is 2.81. The summed E-state index contributed by atoms with van der Waals surface area (Å²) in [5.74, 6) is -3.25. The lowest BCUT2D eigenvalue weighted by atomic mass is 10.1. The Morgan fingerprint density at radius 1 is 1.05 bits per heavy atom. The third kappa shape index (κ3) is 3.66. The second-order valence-corrected chi connectivity index (χ2v) is 4.38. The molecule has 114 valence electrons. The maximum atomic E-state index is 13.1. The molecular weight excluding hydrogens is 292 g/mol. The van der Waals surface area contributed by atoms with Crippen LogP contribution >= 0.6 is 0 Å². The van der Waals surface area contributed by atoms with Gasteiger partial charge < -0.3 is 10.1 Å². The van der Waals surface area contributed by atoms with Gasteiger partial charge in [-0.1, -0.05) is 6.07 Å². The van der Waals surface area contributed by atoms with Crippen LogP contribution in [0.3, 0.4) is 0 Å². The van der Waals surface area contributed by atoms with Gasteiger partial charge in [0.05, 0.1) is 12.2 Å². The number of nitrogens with one attached hydrogen (secondary N) is 1. The van der Waals surface area contributed by atoms with E-state index in [-0.39, 0.29) is 17.7 Å². The van der Waals surface area contributed by atoms with Gasteiger partial charge in [0.1, 0.15) is 0 Å². The second-order valence-electron chi connectivity index (χ2n) is 4.38. The molecule has 0 fully saturated rings. The number of esters is 1. The van der Waals surface area contributed by atoms with Crippen LogP contribution in [-0.4, -0.2) is 18.5 Å². The Hall–Kier alpha value is -2.76. The van der Waals surface area contributed by atoms with Gasteiger partial charge in [-0.15, -0.1) is 0 Å². The summed E-state index contributed by atoms with van der Waals surface area (Å²) in [7, 11) is 0. The molecule has 0 saturated heterocycles. The molecule has 0 unspecified atom stereocenters. The van der Waals surface area contributed by atoms with Gasteiger partial charge in [0.25, 0.3) is 5.91 Å². The van der Waals surface area contributed by atoms with Crippen LogP contribution in [0.2, 0.25) is 0 Å². The molecule has 0 atom stereocenters. The number of carbonyl (C=O) groups is 2. The molecule has 22 heavy (non-hydrogen) atoms. The van der Waals surface area contributed by atoms with E-state index in [4.69, 9.17) is 4.74 Å². The fourth-order valence-corrected chi connectivity index (χ4v) is 1.78. The van der Waals surface area contributed by atoms with Crippen molar-refractivity contribution in [2.24, 2.45) is 0 Å². The van der Waals surface area contributed by atoms with Crippen molar-refractivity contribution in [3.8, 4) is 0 Å². The van der Waals surface area contributed by atoms with Crippen molar-refractivity contribution in [2.75, 3.05) is 11.9 Å². The number of carbonyl (C=O) groups excluding carboxylic acids is 2. The van der Waals surface area contributed by atoms with E-state index in [0.29, 0.717) is 5.69 Å². The summed E-state index contributed by atoms with van der Waals surface area (Å²) in [6, 6.07) is 8.98. The van der Waals surface area contributed by atoms with Crippen LogP contribution in [0.15, 0.2) is 42.5 Å². The highest BCUT2D eigenvalue weighted by Gasteiger charge is 2.12. The Kier molecular flexibility index (Phi) is 4.83. The van der Waals surface area contributed by atoms with Crippen molar-refractivity contribution in [1.29, 1.82) is 0 Å². The molecule has 2 aromatic carbocycles. The van der Waals surface area contributed by atoms with E-state index in [1.54, 1.807) is 25.1 Å². The van der Waals surface area contributed by atoms with Crippen LogP contribution in [-0.2, 0) is 4.74 Å². The lowest BCUT2D eigenvalue weighted by Crippen LogP contribution is -2.13. The molecule has 2 rings (SSSR count). The quantitative estimate of drug-likeness (QED) is 0.881. The maximum absolute atomic E-state index is 13.1. The van der Waals surface area contributed by atoms with Gasteiger partial charge in [-0.2, -0.15) is 0 Å². The van der Waals surface area contributed by atoms with Gasteiger partial charge >= 0.3 is 5.97 Å². The molecule has 0 aliphatic rings. The number of hydrogen-bond donors (Lipinski definition) is 1. The molecule has 0 aliphatic carbocycles. The van der Waals surface area contributed by atoms with Crippen LogP contribution in [0.25, 0.3) is 0 Å². The molecule has 0 heterocycles. The summed E-state index contributed by atoms with van der Waals surface area (Å²) < 4.78 is 30.8. The van der Waals surface area contributed by atoms with Crippen LogP contribution in [0.5, 0.6) is 0 Å². The molecule has 0 bridgehead atoms. The van der Waals surface area contributed by atoms with Gasteiger partial charge in [0, 0.05) is 11.3 Å². The zero-order valence-electron chi connectivity index (χ0n) is 11.7. The minimum atomic E-state index is -1.10. The van der Waals surface area contributed by atoms with E-state index >= 15 is 0 Å². The van der Waals surface area contributed by atoms with Crippen molar-refractivity contribution in [3.63, 3.8) is 0 Å². The lowest BCUT2D eigenvalue weighted by molar-refractivity contribution is 0.0526. The zero-order valence-corrected chi connectivity index (χ0v) is 11.7. The summed E-state index contributed by atoms with van der Waals surface area (Å²) >= 11 is 0. The van der Waals surface area contributed by atoms with E-state index < -0.39 is 23.5 Å². The highest BCUT2D eigenvalue weighted by molar-refractivity contribution is 6.04. The molecule has 1 amide bonds. The highest BCUT2D eigenvalue weighted by atomic mass is 19.2. The van der Waals surface area contributed by atoms with E-state index in [0.717, 1.165) is 12.1 Å². The molecule has 0 aromatic heterocycles. The molecule has 4 nitrogen and oxygen atoms in total. The highest BCUT2D eigenvalue weighted by Crippen LogP contribution is 2.15. The predicted octanol–water partition coefficient (Wildman–Crippen LogP) is 3.39. The normalized spacial score (nSPS) is 10.1. The molecule has 6 heteroatoms. The molecule has 0 spiro atoms. The monoisotopic (exact) mass is 305 g/mol. The average molecular weight is 305 g/mol. The first-order valence-electron chi connectivity index (χ1n) is 6.55. The molecule has 0 aliphatic heterocycles. The van der Waals surface area contributed by atoms with E-state index in [1.807, 2.05) is 0 Å². The van der Waals surface area contributed by atoms with Crippen molar-refractivity contribution in [3.05, 3.63) is 65.2 Å². The number of rotatable bonds is 4. The Bertz CT molecular complexity index is 716. The Labute approximate surface area is 125 Å². The molecule has 1 N–H and O–H groups in total. The van der Waals surface area contributed by atoms with Crippen molar-refractivity contribution in [2.45, 2.75) is 6.92 Å². The fraction of sp³-hybridized carbons (Fsp3) is 0.125. The fourth-order valence-electron chi connectivity index (χ4n) is 1.78. The summed E-state index contributed by atoms with van der Waals surface area (Å²) in [5, 5.41) is 2.51. The molecular formula is C16H13F2NO3. The minimum absolute atomic E-state index is 0.0274. The van der Waals surface area contributed by atoms with Gasteiger partial charge in [0.15, 0.2) is 11.6 Å². The third-order valence-corrected chi connectivity index (χ3v) is 2.81. The number of amides is 1. The lowest BCUT2D eigenvalue weighted by Gasteiger charge is -2.07. The van der Waals surface area contributed by atoms with Crippen LogP contribution in [0.4, 0.5) is 14.5 Å². The predicted molar refractivity (Wildman–Crippen MR) is 76.7 cm³/mol.